The third kappa shape index (κ3) is 3.80. The minimum atomic E-state index is -3.23. The molecular weight excluding hydrogens is 392 g/mol. The lowest BCUT2D eigenvalue weighted by Gasteiger charge is -2.20. The Morgan fingerprint density at radius 3 is 2.71 bits per heavy atom. The Kier molecular flexibility index (Phi) is 4.95. The van der Waals surface area contributed by atoms with Crippen LogP contribution in [0, 0.1) is 13.8 Å². The Balaban J connectivity index is 1.67. The number of aromatic nitrogens is 2. The third-order valence-corrected chi connectivity index (χ3v) is 7.07. The van der Waals surface area contributed by atoms with Gasteiger partial charge in [-0.05, 0) is 61.2 Å². The summed E-state index contributed by atoms with van der Waals surface area (Å²) in [6.45, 7) is 5.89. The van der Waals surface area contributed by atoms with Gasteiger partial charge in [0.15, 0.2) is 9.84 Å². The smallest absolute Gasteiger partial charge is 0.227 e. The Bertz CT molecular complexity index is 1150. The quantitative estimate of drug-likeness (QED) is 0.678. The second kappa shape index (κ2) is 7.27. The van der Waals surface area contributed by atoms with E-state index in [9.17, 15) is 8.42 Å². The highest BCUT2D eigenvalue weighted by Crippen LogP contribution is 2.31. The lowest BCUT2D eigenvalue weighted by atomic mass is 9.97. The van der Waals surface area contributed by atoms with E-state index in [-0.39, 0.29) is 0 Å². The molecule has 0 radical (unpaired) electrons. The fraction of sp³-hybridized carbons (Fsp3) is 0.300. The summed E-state index contributed by atoms with van der Waals surface area (Å²) in [7, 11) is -3.23. The zero-order valence-electron chi connectivity index (χ0n) is 16.0. The molecule has 2 N–H and O–H groups in total. The van der Waals surface area contributed by atoms with E-state index >= 15 is 0 Å². The molecule has 0 fully saturated rings. The molecule has 4 rings (SSSR count). The highest BCUT2D eigenvalue weighted by Gasteiger charge is 2.16. The fourth-order valence-corrected chi connectivity index (χ4v) is 5.37. The number of sulfone groups is 1. The van der Waals surface area contributed by atoms with Crippen LogP contribution < -0.4 is 10.6 Å². The molecule has 1 aliphatic rings. The molecule has 28 heavy (non-hydrogen) atoms. The Morgan fingerprint density at radius 2 is 1.96 bits per heavy atom. The summed E-state index contributed by atoms with van der Waals surface area (Å²) in [6, 6.07) is 6.06. The van der Waals surface area contributed by atoms with Gasteiger partial charge in [-0.3, -0.25) is 0 Å². The van der Waals surface area contributed by atoms with Crippen LogP contribution in [0.2, 0.25) is 0 Å². The summed E-state index contributed by atoms with van der Waals surface area (Å²) < 4.78 is 23.6. The van der Waals surface area contributed by atoms with Crippen LogP contribution in [0.1, 0.15) is 22.3 Å². The normalized spacial score (nSPS) is 14.0. The summed E-state index contributed by atoms with van der Waals surface area (Å²) >= 11 is 1.38. The molecule has 8 heteroatoms. The summed E-state index contributed by atoms with van der Waals surface area (Å²) in [5.74, 6) is 0.506. The number of nitrogens with zero attached hydrogens (tertiary/aromatic N) is 2. The lowest BCUT2D eigenvalue weighted by Crippen LogP contribution is -2.23. The first-order chi connectivity index (χ1) is 13.3. The van der Waals surface area contributed by atoms with Crippen molar-refractivity contribution in [3.8, 4) is 10.6 Å². The van der Waals surface area contributed by atoms with Crippen molar-refractivity contribution in [1.82, 2.24) is 15.3 Å². The van der Waals surface area contributed by atoms with Crippen molar-refractivity contribution in [3.63, 3.8) is 0 Å². The monoisotopic (exact) mass is 414 g/mol. The predicted molar refractivity (Wildman–Crippen MR) is 113 cm³/mol. The van der Waals surface area contributed by atoms with Crippen LogP contribution in [0.25, 0.3) is 10.6 Å². The van der Waals surface area contributed by atoms with E-state index in [0.717, 1.165) is 46.9 Å². The van der Waals surface area contributed by atoms with Crippen LogP contribution in [0.5, 0.6) is 0 Å². The van der Waals surface area contributed by atoms with Crippen molar-refractivity contribution in [2.45, 2.75) is 31.7 Å². The van der Waals surface area contributed by atoms with Gasteiger partial charge in [0.05, 0.1) is 15.5 Å². The number of thiophene rings is 1. The van der Waals surface area contributed by atoms with Crippen molar-refractivity contribution in [3.05, 3.63) is 52.0 Å². The van der Waals surface area contributed by atoms with E-state index in [1.54, 1.807) is 17.6 Å². The maximum Gasteiger partial charge on any atom is 0.227 e. The van der Waals surface area contributed by atoms with Crippen LogP contribution in [-0.4, -0.2) is 31.2 Å². The van der Waals surface area contributed by atoms with Gasteiger partial charge >= 0.3 is 0 Å². The van der Waals surface area contributed by atoms with E-state index in [4.69, 9.17) is 0 Å². The molecule has 146 valence electrons. The zero-order chi connectivity index (χ0) is 19.9. The molecular formula is C20H22N4O2S2. The molecule has 0 bridgehead atoms. The standard InChI is InChI=1S/C20H22N4O2S2/c1-12-6-15-10-21-5-4-14(15)7-17(12)23-20-22-9-13(2)19(24-20)18-8-16(11-27-18)28(3,25)26/h6-9,11,21H,4-5,10H2,1-3H3,(H,22,23,24). The number of aryl methyl sites for hydroxylation is 2. The second-order valence-corrected chi connectivity index (χ2v) is 10.1. The SMILES string of the molecule is Cc1cc2c(cc1Nc1ncc(C)c(-c3cc(S(C)(=O)=O)cs3)n1)CCNC2. The van der Waals surface area contributed by atoms with Gasteiger partial charge in [-0.1, -0.05) is 6.07 Å². The van der Waals surface area contributed by atoms with Crippen molar-refractivity contribution in [1.29, 1.82) is 0 Å². The number of hydrogen-bond donors (Lipinski definition) is 2. The van der Waals surface area contributed by atoms with Crippen molar-refractivity contribution < 1.29 is 8.42 Å². The van der Waals surface area contributed by atoms with Crippen LogP contribution in [-0.2, 0) is 22.8 Å². The maximum absolute atomic E-state index is 11.8. The van der Waals surface area contributed by atoms with Gasteiger partial charge in [0.25, 0.3) is 0 Å². The summed E-state index contributed by atoms with van der Waals surface area (Å²) in [5.41, 5.74) is 6.47. The van der Waals surface area contributed by atoms with Gasteiger partial charge in [0.2, 0.25) is 5.95 Å². The van der Waals surface area contributed by atoms with Gasteiger partial charge in [-0.15, -0.1) is 11.3 Å². The first kappa shape index (κ1) is 19.0. The van der Waals surface area contributed by atoms with E-state index in [2.05, 4.69) is 39.7 Å². The van der Waals surface area contributed by atoms with E-state index in [1.165, 1.54) is 28.7 Å². The highest BCUT2D eigenvalue weighted by molar-refractivity contribution is 7.90. The molecule has 0 spiro atoms. The number of nitrogens with one attached hydrogen (secondary N) is 2. The Labute approximate surface area is 169 Å². The van der Waals surface area contributed by atoms with Crippen LogP contribution in [0.4, 0.5) is 11.6 Å². The number of fused-ring (bicyclic) bond motifs is 1. The number of anilines is 2. The van der Waals surface area contributed by atoms with Crippen molar-refractivity contribution >= 4 is 32.8 Å². The van der Waals surface area contributed by atoms with E-state index in [1.807, 2.05) is 6.92 Å². The fourth-order valence-electron chi connectivity index (χ4n) is 3.30. The molecule has 0 atom stereocenters. The van der Waals surface area contributed by atoms with Gasteiger partial charge in [0.1, 0.15) is 0 Å². The first-order valence-electron chi connectivity index (χ1n) is 9.04. The molecule has 3 aromatic rings. The largest absolute Gasteiger partial charge is 0.324 e. The van der Waals surface area contributed by atoms with Gasteiger partial charge in [-0.2, -0.15) is 0 Å². The van der Waals surface area contributed by atoms with Crippen molar-refractivity contribution in [2.75, 3.05) is 18.1 Å². The van der Waals surface area contributed by atoms with Crippen LogP contribution in [0.15, 0.2) is 34.7 Å². The van der Waals surface area contributed by atoms with Crippen molar-refractivity contribution in [2.24, 2.45) is 0 Å². The van der Waals surface area contributed by atoms with E-state index in [0.29, 0.717) is 10.8 Å². The third-order valence-electron chi connectivity index (χ3n) is 4.89. The van der Waals surface area contributed by atoms with Crippen LogP contribution in [0.3, 0.4) is 0 Å². The van der Waals surface area contributed by atoms with Gasteiger partial charge in [0, 0.05) is 30.1 Å². The minimum absolute atomic E-state index is 0.319. The van der Waals surface area contributed by atoms with E-state index < -0.39 is 9.84 Å². The molecule has 1 aromatic carbocycles. The lowest BCUT2D eigenvalue weighted by molar-refractivity contribution is 0.602. The molecule has 2 aromatic heterocycles. The molecule has 0 unspecified atom stereocenters. The molecule has 1 aliphatic heterocycles. The molecule has 0 aliphatic carbocycles. The molecule has 6 nitrogen and oxygen atoms in total. The summed E-state index contributed by atoms with van der Waals surface area (Å²) in [5, 5.41) is 8.39. The Morgan fingerprint density at radius 1 is 1.14 bits per heavy atom. The topological polar surface area (TPSA) is 84.0 Å². The minimum Gasteiger partial charge on any atom is -0.324 e. The zero-order valence-corrected chi connectivity index (χ0v) is 17.7. The molecule has 0 amide bonds. The first-order valence-corrected chi connectivity index (χ1v) is 11.8. The number of rotatable bonds is 4. The maximum atomic E-state index is 11.8. The van der Waals surface area contributed by atoms with Gasteiger partial charge < -0.3 is 10.6 Å². The average Bonchev–Trinajstić information content (AvgIpc) is 3.14. The summed E-state index contributed by atoms with van der Waals surface area (Å²) in [6.07, 6.45) is 3.99. The second-order valence-electron chi connectivity index (χ2n) is 7.13. The number of benzene rings is 1. The number of hydrogen-bond acceptors (Lipinski definition) is 7. The Hall–Kier alpha value is -2.29. The van der Waals surface area contributed by atoms with Crippen LogP contribution >= 0.6 is 11.3 Å². The summed E-state index contributed by atoms with van der Waals surface area (Å²) in [4.78, 5) is 10.2. The highest BCUT2D eigenvalue weighted by atomic mass is 32.2. The average molecular weight is 415 g/mol. The van der Waals surface area contributed by atoms with Gasteiger partial charge in [-0.25, -0.2) is 18.4 Å². The molecule has 3 heterocycles. The predicted octanol–water partition coefficient (Wildman–Crippen LogP) is 3.61. The molecule has 0 saturated heterocycles. The molecule has 0 saturated carbocycles.